The lowest BCUT2D eigenvalue weighted by molar-refractivity contribution is 0.101. The molecule has 1 aromatic heterocycles. The van der Waals surface area contributed by atoms with Gasteiger partial charge in [-0.05, 0) is 61.5 Å². The van der Waals surface area contributed by atoms with Gasteiger partial charge in [0.15, 0.2) is 17.3 Å². The Morgan fingerprint density at radius 1 is 0.853 bits per heavy atom. The molecule has 0 spiro atoms. The van der Waals surface area contributed by atoms with Gasteiger partial charge in [0, 0.05) is 32.8 Å². The second-order valence-corrected chi connectivity index (χ2v) is 7.91. The van der Waals surface area contributed by atoms with Crippen molar-refractivity contribution in [1.29, 1.82) is 0 Å². The molecule has 0 bridgehead atoms. The number of aryl methyl sites for hydroxylation is 1. The van der Waals surface area contributed by atoms with E-state index < -0.39 is 0 Å². The second-order valence-electron chi connectivity index (χ2n) is 7.47. The molecule has 3 aromatic carbocycles. The molecular formula is C26H22ClNO6. The number of ketones is 1. The fourth-order valence-electron chi connectivity index (χ4n) is 3.66. The molecule has 0 aliphatic heterocycles. The highest BCUT2D eigenvalue weighted by atomic mass is 35.5. The summed E-state index contributed by atoms with van der Waals surface area (Å²) in [5.41, 5.74) is 2.57. The molecule has 0 saturated carbocycles. The van der Waals surface area contributed by atoms with Crippen LogP contribution in [0.15, 0.2) is 59.0 Å². The Balaban J connectivity index is 1.64. The Hall–Kier alpha value is -3.97. The van der Waals surface area contributed by atoms with Gasteiger partial charge in [0.05, 0.1) is 21.3 Å². The van der Waals surface area contributed by atoms with E-state index in [0.29, 0.717) is 50.2 Å². The zero-order valence-corrected chi connectivity index (χ0v) is 19.8. The Labute approximate surface area is 201 Å². The lowest BCUT2D eigenvalue weighted by Crippen LogP contribution is -2.12. The molecule has 0 saturated heterocycles. The number of carbonyl (C=O) groups is 2. The van der Waals surface area contributed by atoms with Crippen molar-refractivity contribution < 1.29 is 28.2 Å². The normalized spacial score (nSPS) is 10.7. The van der Waals surface area contributed by atoms with Gasteiger partial charge in [0.25, 0.3) is 5.91 Å². The number of hydrogen-bond donors (Lipinski definition) is 1. The van der Waals surface area contributed by atoms with Crippen molar-refractivity contribution in [2.24, 2.45) is 0 Å². The second kappa shape index (κ2) is 9.49. The number of methoxy groups -OCH3 is 3. The summed E-state index contributed by atoms with van der Waals surface area (Å²) in [4.78, 5) is 25.9. The third-order valence-corrected chi connectivity index (χ3v) is 5.69. The van der Waals surface area contributed by atoms with E-state index in [-0.39, 0.29) is 17.5 Å². The van der Waals surface area contributed by atoms with E-state index in [1.54, 1.807) is 61.5 Å². The van der Waals surface area contributed by atoms with Crippen LogP contribution in [0.25, 0.3) is 11.0 Å². The molecule has 4 rings (SSSR count). The Morgan fingerprint density at radius 2 is 1.50 bits per heavy atom. The molecule has 1 N–H and O–H groups in total. The lowest BCUT2D eigenvalue weighted by atomic mass is 10.0. The number of ether oxygens (including phenoxy) is 3. The fraction of sp³-hybridized carbons (Fsp3) is 0.154. The number of rotatable bonds is 7. The summed E-state index contributed by atoms with van der Waals surface area (Å²) in [5, 5.41) is 4.13. The van der Waals surface area contributed by atoms with Crippen molar-refractivity contribution in [3.05, 3.63) is 82.1 Å². The molecule has 8 heteroatoms. The van der Waals surface area contributed by atoms with Crippen molar-refractivity contribution in [3.63, 3.8) is 0 Å². The van der Waals surface area contributed by atoms with Gasteiger partial charge in [-0.1, -0.05) is 11.6 Å². The van der Waals surface area contributed by atoms with Crippen LogP contribution in [0.4, 0.5) is 5.69 Å². The third kappa shape index (κ3) is 4.30. The number of nitrogens with one attached hydrogen (secondary N) is 1. The molecule has 0 atom stereocenters. The first kappa shape index (κ1) is 23.2. The van der Waals surface area contributed by atoms with Crippen LogP contribution < -0.4 is 19.5 Å². The van der Waals surface area contributed by atoms with Crippen molar-refractivity contribution >= 4 is 39.9 Å². The van der Waals surface area contributed by atoms with Crippen LogP contribution in [-0.4, -0.2) is 33.0 Å². The van der Waals surface area contributed by atoms with Crippen molar-refractivity contribution in [3.8, 4) is 17.2 Å². The highest BCUT2D eigenvalue weighted by Gasteiger charge is 2.21. The van der Waals surface area contributed by atoms with Crippen molar-refractivity contribution in [2.45, 2.75) is 6.92 Å². The summed E-state index contributed by atoms with van der Waals surface area (Å²) in [6.45, 7) is 1.81. The predicted octanol–water partition coefficient (Wildman–Crippen LogP) is 5.90. The maximum absolute atomic E-state index is 12.9. The zero-order valence-electron chi connectivity index (χ0n) is 19.0. The van der Waals surface area contributed by atoms with Gasteiger partial charge in [0.2, 0.25) is 11.5 Å². The van der Waals surface area contributed by atoms with Crippen LogP contribution in [-0.2, 0) is 0 Å². The summed E-state index contributed by atoms with van der Waals surface area (Å²) >= 11 is 5.92. The SMILES string of the molecule is COc1cc(C(=O)Nc2ccc3oc(C(=O)c4ccc(Cl)cc4)c(C)c3c2)cc(OC)c1OC. The monoisotopic (exact) mass is 479 g/mol. The van der Waals surface area contributed by atoms with Crippen LogP contribution in [0.1, 0.15) is 32.0 Å². The molecule has 0 fully saturated rings. The molecule has 7 nitrogen and oxygen atoms in total. The minimum absolute atomic E-state index is 0.241. The summed E-state index contributed by atoms with van der Waals surface area (Å²) in [5.74, 6) is 0.780. The third-order valence-electron chi connectivity index (χ3n) is 5.43. The minimum atomic E-state index is -0.364. The number of benzene rings is 3. The van der Waals surface area contributed by atoms with E-state index >= 15 is 0 Å². The van der Waals surface area contributed by atoms with Gasteiger partial charge in [0.1, 0.15) is 5.58 Å². The highest BCUT2D eigenvalue weighted by Crippen LogP contribution is 2.38. The number of hydrogen-bond acceptors (Lipinski definition) is 6. The van der Waals surface area contributed by atoms with E-state index in [4.69, 9.17) is 30.2 Å². The van der Waals surface area contributed by atoms with Gasteiger partial charge in [-0.2, -0.15) is 0 Å². The average molecular weight is 480 g/mol. The maximum Gasteiger partial charge on any atom is 0.255 e. The van der Waals surface area contributed by atoms with Gasteiger partial charge in [-0.3, -0.25) is 9.59 Å². The summed E-state index contributed by atoms with van der Waals surface area (Å²) in [6, 6.07) is 14.9. The zero-order chi connectivity index (χ0) is 24.4. The Morgan fingerprint density at radius 3 is 2.09 bits per heavy atom. The van der Waals surface area contributed by atoms with Gasteiger partial charge in [-0.25, -0.2) is 0 Å². The first-order chi connectivity index (χ1) is 16.4. The first-order valence-electron chi connectivity index (χ1n) is 10.3. The largest absolute Gasteiger partial charge is 0.493 e. The van der Waals surface area contributed by atoms with Crippen LogP contribution in [0.2, 0.25) is 5.02 Å². The topological polar surface area (TPSA) is 87.0 Å². The molecule has 174 valence electrons. The van der Waals surface area contributed by atoms with Crippen LogP contribution in [0, 0.1) is 6.92 Å². The molecule has 0 unspecified atom stereocenters. The quantitative estimate of drug-likeness (QED) is 0.332. The summed E-state index contributed by atoms with van der Waals surface area (Å²) in [6.07, 6.45) is 0. The molecule has 1 amide bonds. The fourth-order valence-corrected chi connectivity index (χ4v) is 3.79. The first-order valence-corrected chi connectivity index (χ1v) is 10.7. The average Bonchev–Trinajstić information content (AvgIpc) is 3.18. The molecule has 0 radical (unpaired) electrons. The number of carbonyl (C=O) groups excluding carboxylic acids is 2. The smallest absolute Gasteiger partial charge is 0.255 e. The Bertz CT molecular complexity index is 1370. The number of fused-ring (bicyclic) bond motifs is 1. The molecule has 1 heterocycles. The van der Waals surface area contributed by atoms with E-state index in [9.17, 15) is 9.59 Å². The Kier molecular flexibility index (Phi) is 6.47. The maximum atomic E-state index is 12.9. The molecule has 34 heavy (non-hydrogen) atoms. The lowest BCUT2D eigenvalue weighted by Gasteiger charge is -2.14. The summed E-state index contributed by atoms with van der Waals surface area (Å²) in [7, 11) is 4.46. The van der Waals surface area contributed by atoms with Crippen LogP contribution in [0.5, 0.6) is 17.2 Å². The molecule has 0 aliphatic rings. The van der Waals surface area contributed by atoms with E-state index in [1.165, 1.54) is 21.3 Å². The van der Waals surface area contributed by atoms with Gasteiger partial charge in [-0.15, -0.1) is 0 Å². The molecule has 0 aliphatic carbocycles. The highest BCUT2D eigenvalue weighted by molar-refractivity contribution is 6.30. The van der Waals surface area contributed by atoms with E-state index in [2.05, 4.69) is 5.32 Å². The van der Waals surface area contributed by atoms with Crippen molar-refractivity contribution in [1.82, 2.24) is 0 Å². The van der Waals surface area contributed by atoms with Crippen LogP contribution in [0.3, 0.4) is 0 Å². The number of amides is 1. The molecule has 4 aromatic rings. The summed E-state index contributed by atoms with van der Waals surface area (Å²) < 4.78 is 21.8. The number of halogens is 1. The standard InChI is InChI=1S/C26H22ClNO6/c1-14-19-13-18(28-26(30)16-11-21(31-2)25(33-4)22(12-16)32-3)9-10-20(19)34-24(14)23(29)15-5-7-17(27)8-6-15/h5-13H,1-4H3,(H,28,30). The number of anilines is 1. The minimum Gasteiger partial charge on any atom is -0.493 e. The molecular weight excluding hydrogens is 458 g/mol. The number of furan rings is 1. The van der Waals surface area contributed by atoms with E-state index in [0.717, 1.165) is 5.39 Å². The van der Waals surface area contributed by atoms with Crippen LogP contribution >= 0.6 is 11.6 Å². The predicted molar refractivity (Wildman–Crippen MR) is 130 cm³/mol. The van der Waals surface area contributed by atoms with Gasteiger partial charge < -0.3 is 23.9 Å². The van der Waals surface area contributed by atoms with Gasteiger partial charge >= 0.3 is 0 Å². The van der Waals surface area contributed by atoms with Crippen molar-refractivity contribution in [2.75, 3.05) is 26.6 Å². The van der Waals surface area contributed by atoms with E-state index in [1.807, 2.05) is 0 Å².